The number of nitrogens with zero attached hydrogens (tertiary/aromatic N) is 3. The molecule has 4 nitrogen and oxygen atoms in total. The number of aromatic nitrogens is 3. The van der Waals surface area contributed by atoms with E-state index in [0.717, 1.165) is 23.2 Å². The molecule has 0 aliphatic heterocycles. The minimum atomic E-state index is 0.249. The van der Waals surface area contributed by atoms with Crippen LogP contribution >= 0.6 is 0 Å². The molecule has 0 spiro atoms. The van der Waals surface area contributed by atoms with Crippen LogP contribution in [0.1, 0.15) is 33.4 Å². The van der Waals surface area contributed by atoms with Gasteiger partial charge in [0.2, 0.25) is 0 Å². The molecule has 0 aliphatic rings. The van der Waals surface area contributed by atoms with E-state index in [9.17, 15) is 0 Å². The van der Waals surface area contributed by atoms with Crippen LogP contribution in [-0.4, -0.2) is 14.8 Å². The molecule has 0 aromatic carbocycles. The highest BCUT2D eigenvalue weighted by atomic mass is 15.3. The zero-order chi connectivity index (χ0) is 14.9. The third-order valence-electron chi connectivity index (χ3n) is 4.09. The lowest BCUT2D eigenvalue weighted by Crippen LogP contribution is -2.20. The van der Waals surface area contributed by atoms with Gasteiger partial charge in [0, 0.05) is 30.6 Å². The van der Waals surface area contributed by atoms with Crippen LogP contribution < -0.4 is 5.73 Å². The Labute approximate surface area is 121 Å². The Morgan fingerprint density at radius 3 is 2.60 bits per heavy atom. The molecule has 2 aromatic heterocycles. The Morgan fingerprint density at radius 2 is 2.05 bits per heavy atom. The molecule has 0 amide bonds. The smallest absolute Gasteiger partial charge is 0.129 e. The summed E-state index contributed by atoms with van der Waals surface area (Å²) in [6.07, 6.45) is 4.53. The average molecular weight is 272 g/mol. The Morgan fingerprint density at radius 1 is 1.35 bits per heavy atom. The van der Waals surface area contributed by atoms with Crippen molar-refractivity contribution in [3.63, 3.8) is 0 Å². The van der Waals surface area contributed by atoms with E-state index in [0.29, 0.717) is 11.7 Å². The van der Waals surface area contributed by atoms with Crippen molar-refractivity contribution in [3.8, 4) is 11.1 Å². The molecule has 0 saturated carbocycles. The van der Waals surface area contributed by atoms with E-state index in [1.807, 2.05) is 25.4 Å². The first kappa shape index (κ1) is 14.6. The van der Waals surface area contributed by atoms with Gasteiger partial charge in [-0.1, -0.05) is 33.8 Å². The molecule has 1 unspecified atom stereocenters. The van der Waals surface area contributed by atoms with Gasteiger partial charge in [0.25, 0.3) is 0 Å². The number of pyridine rings is 1. The number of hydrogen-bond acceptors (Lipinski definition) is 3. The summed E-state index contributed by atoms with van der Waals surface area (Å²) >= 11 is 0. The topological polar surface area (TPSA) is 56.7 Å². The number of nitrogen functional groups attached to an aromatic ring is 1. The molecule has 2 rings (SSSR count). The van der Waals surface area contributed by atoms with Crippen LogP contribution in [0.2, 0.25) is 0 Å². The summed E-state index contributed by atoms with van der Waals surface area (Å²) in [6, 6.07) is 3.96. The zero-order valence-electron chi connectivity index (χ0n) is 13.0. The van der Waals surface area contributed by atoms with Crippen molar-refractivity contribution in [2.45, 2.75) is 34.1 Å². The summed E-state index contributed by atoms with van der Waals surface area (Å²) in [5.41, 5.74) is 9.56. The summed E-state index contributed by atoms with van der Waals surface area (Å²) in [6.45, 7) is 9.03. The molecule has 0 fully saturated rings. The summed E-state index contributed by atoms with van der Waals surface area (Å²) in [4.78, 5) is 4.19. The molecule has 2 heterocycles. The van der Waals surface area contributed by atoms with Gasteiger partial charge in [-0.2, -0.15) is 5.10 Å². The number of rotatable bonds is 3. The average Bonchev–Trinajstić information content (AvgIpc) is 2.65. The molecule has 2 N–H and O–H groups in total. The molecule has 0 radical (unpaired) electrons. The minimum Gasteiger partial charge on any atom is -0.383 e. The molecule has 4 heteroatoms. The van der Waals surface area contributed by atoms with E-state index >= 15 is 0 Å². The van der Waals surface area contributed by atoms with Crippen molar-refractivity contribution >= 4 is 5.82 Å². The fourth-order valence-electron chi connectivity index (χ4n) is 2.16. The van der Waals surface area contributed by atoms with Crippen LogP contribution in [-0.2, 0) is 13.5 Å². The molecular weight excluding hydrogens is 248 g/mol. The second kappa shape index (κ2) is 5.27. The van der Waals surface area contributed by atoms with Gasteiger partial charge in [0.15, 0.2) is 0 Å². The van der Waals surface area contributed by atoms with Crippen molar-refractivity contribution in [2.75, 3.05) is 5.73 Å². The van der Waals surface area contributed by atoms with Gasteiger partial charge in [-0.3, -0.25) is 9.67 Å². The Hall–Kier alpha value is -1.84. The highest BCUT2D eigenvalue weighted by molar-refractivity contribution is 5.76. The maximum atomic E-state index is 6.19. The van der Waals surface area contributed by atoms with E-state index in [4.69, 9.17) is 5.73 Å². The molecule has 0 saturated heterocycles. The van der Waals surface area contributed by atoms with Crippen molar-refractivity contribution in [2.24, 2.45) is 18.4 Å². The van der Waals surface area contributed by atoms with Gasteiger partial charge >= 0.3 is 0 Å². The van der Waals surface area contributed by atoms with Gasteiger partial charge in [0.05, 0.1) is 5.69 Å². The van der Waals surface area contributed by atoms with Crippen molar-refractivity contribution in [3.05, 3.63) is 30.2 Å². The predicted molar refractivity (Wildman–Crippen MR) is 83.2 cm³/mol. The van der Waals surface area contributed by atoms with Crippen molar-refractivity contribution < 1.29 is 0 Å². The largest absolute Gasteiger partial charge is 0.383 e. The number of hydrogen-bond donors (Lipinski definition) is 1. The van der Waals surface area contributed by atoms with Crippen molar-refractivity contribution in [1.82, 2.24) is 14.8 Å². The second-order valence-corrected chi connectivity index (χ2v) is 6.54. The Kier molecular flexibility index (Phi) is 3.84. The summed E-state index contributed by atoms with van der Waals surface area (Å²) in [5, 5.41) is 4.60. The van der Waals surface area contributed by atoms with E-state index in [-0.39, 0.29) is 5.41 Å². The quantitative estimate of drug-likeness (QED) is 0.932. The highest BCUT2D eigenvalue weighted by Crippen LogP contribution is 2.34. The number of anilines is 1. The SMILES string of the molecule is CC(Cc1nn(C)c(N)c1-c1cccnc1)C(C)(C)C. The standard InChI is InChI=1S/C16H24N4/c1-11(16(2,3)4)9-13-14(15(17)20(5)19-13)12-7-6-8-18-10-12/h6-8,10-11H,9,17H2,1-5H3. The van der Waals surface area contributed by atoms with Gasteiger partial charge in [-0.15, -0.1) is 0 Å². The Balaban J connectivity index is 2.43. The summed E-state index contributed by atoms with van der Waals surface area (Å²) < 4.78 is 1.76. The van der Waals surface area contributed by atoms with Crippen LogP contribution in [0.4, 0.5) is 5.82 Å². The maximum Gasteiger partial charge on any atom is 0.129 e. The number of nitrogens with two attached hydrogens (primary N) is 1. The third kappa shape index (κ3) is 2.84. The summed E-state index contributed by atoms with van der Waals surface area (Å²) in [7, 11) is 1.89. The highest BCUT2D eigenvalue weighted by Gasteiger charge is 2.24. The molecule has 108 valence electrons. The van der Waals surface area contributed by atoms with E-state index < -0.39 is 0 Å². The monoisotopic (exact) mass is 272 g/mol. The minimum absolute atomic E-state index is 0.249. The van der Waals surface area contributed by atoms with Crippen molar-refractivity contribution in [1.29, 1.82) is 0 Å². The maximum absolute atomic E-state index is 6.19. The van der Waals surface area contributed by atoms with Gasteiger partial charge in [0.1, 0.15) is 5.82 Å². The number of aryl methyl sites for hydroxylation is 1. The molecule has 2 aromatic rings. The van der Waals surface area contributed by atoms with Crippen LogP contribution in [0.5, 0.6) is 0 Å². The lowest BCUT2D eigenvalue weighted by molar-refractivity contribution is 0.258. The predicted octanol–water partition coefficient (Wildman–Crippen LogP) is 3.29. The second-order valence-electron chi connectivity index (χ2n) is 6.54. The van der Waals surface area contributed by atoms with Crippen LogP contribution in [0.3, 0.4) is 0 Å². The van der Waals surface area contributed by atoms with E-state index in [2.05, 4.69) is 37.8 Å². The third-order valence-corrected chi connectivity index (χ3v) is 4.09. The van der Waals surface area contributed by atoms with Gasteiger partial charge < -0.3 is 5.73 Å². The Bertz CT molecular complexity index is 579. The first-order valence-corrected chi connectivity index (χ1v) is 7.02. The lowest BCUT2D eigenvalue weighted by atomic mass is 9.79. The summed E-state index contributed by atoms with van der Waals surface area (Å²) in [5.74, 6) is 1.22. The fraction of sp³-hybridized carbons (Fsp3) is 0.500. The van der Waals surface area contributed by atoms with Crippen LogP contribution in [0, 0.1) is 11.3 Å². The molecule has 1 atom stereocenters. The molecule has 0 aliphatic carbocycles. The fourth-order valence-corrected chi connectivity index (χ4v) is 2.16. The zero-order valence-corrected chi connectivity index (χ0v) is 13.0. The van der Waals surface area contributed by atoms with Crippen LogP contribution in [0.15, 0.2) is 24.5 Å². The molecule has 20 heavy (non-hydrogen) atoms. The first-order chi connectivity index (χ1) is 9.30. The van der Waals surface area contributed by atoms with Gasteiger partial charge in [-0.25, -0.2) is 0 Å². The molecule has 0 bridgehead atoms. The molecular formula is C16H24N4. The van der Waals surface area contributed by atoms with E-state index in [1.54, 1.807) is 10.9 Å². The van der Waals surface area contributed by atoms with E-state index in [1.165, 1.54) is 0 Å². The first-order valence-electron chi connectivity index (χ1n) is 7.02. The van der Waals surface area contributed by atoms with Gasteiger partial charge in [-0.05, 0) is 23.8 Å². The van der Waals surface area contributed by atoms with Crippen LogP contribution in [0.25, 0.3) is 11.1 Å². The lowest BCUT2D eigenvalue weighted by Gasteiger charge is -2.26. The normalized spacial score (nSPS) is 13.4.